The lowest BCUT2D eigenvalue weighted by atomic mass is 9.89. The van der Waals surface area contributed by atoms with Crippen LogP contribution in [-0.2, 0) is 28.5 Å². The van der Waals surface area contributed by atoms with Gasteiger partial charge in [0.1, 0.15) is 54.2 Å². The number of ether oxygens (including phenoxy) is 3. The zero-order valence-electron chi connectivity index (χ0n) is 24.1. The van der Waals surface area contributed by atoms with E-state index in [9.17, 15) is 44.2 Å². The Labute approximate surface area is 240 Å². The van der Waals surface area contributed by atoms with Gasteiger partial charge in [-0.15, -0.1) is 0 Å². The lowest BCUT2D eigenvalue weighted by Crippen LogP contribution is -2.62. The first kappa shape index (κ1) is 34.2. The summed E-state index contributed by atoms with van der Waals surface area (Å²) in [4.78, 5) is 0.0194. The number of aliphatic hydroxyl groups is 7. The van der Waals surface area contributed by atoms with Gasteiger partial charge >= 0.3 is 0 Å². The van der Waals surface area contributed by atoms with E-state index in [4.69, 9.17) is 18.4 Å². The fraction of sp³-hybridized carbons (Fsp3) is 0.778. The van der Waals surface area contributed by atoms with Crippen LogP contribution in [-0.4, -0.2) is 119 Å². The Hall–Kier alpha value is -1.27. The van der Waals surface area contributed by atoms with Crippen molar-refractivity contribution in [1.29, 1.82) is 0 Å². The predicted octanol–water partition coefficient (Wildman–Crippen LogP) is -0.612. The van der Waals surface area contributed by atoms with Gasteiger partial charge in [0.15, 0.2) is 6.29 Å². The van der Waals surface area contributed by atoms with E-state index in [0.29, 0.717) is 11.1 Å². The third-order valence-corrected chi connectivity index (χ3v) is 9.03. The molecule has 2 heterocycles. The first-order valence-corrected chi connectivity index (χ1v) is 15.1. The zero-order chi connectivity index (χ0) is 31.0. The third kappa shape index (κ3) is 6.79. The molecular weight excluding hydrogens is 564 g/mol. The summed E-state index contributed by atoms with van der Waals surface area (Å²) in [5, 5.41) is 71.3. The second-order valence-electron chi connectivity index (χ2n) is 11.6. The normalized spacial score (nSPS) is 34.7. The Morgan fingerprint density at radius 1 is 0.829 bits per heavy atom. The van der Waals surface area contributed by atoms with Crippen LogP contribution in [0.15, 0.2) is 17.0 Å². The van der Waals surface area contributed by atoms with Gasteiger partial charge in [-0.05, 0) is 34.4 Å². The Kier molecular flexibility index (Phi) is 11.0. The van der Waals surface area contributed by atoms with E-state index in [0.717, 1.165) is 5.56 Å². The summed E-state index contributed by atoms with van der Waals surface area (Å²) in [5.74, 6) is -2.61. The lowest BCUT2D eigenvalue weighted by Gasteiger charge is -2.43. The molecule has 41 heavy (non-hydrogen) atoms. The third-order valence-electron chi connectivity index (χ3n) is 7.61. The van der Waals surface area contributed by atoms with Crippen LogP contribution in [0.1, 0.15) is 76.0 Å². The smallest absolute Gasteiger partial charge is 0.297 e. The molecule has 2 aliphatic heterocycles. The molecule has 2 fully saturated rings. The van der Waals surface area contributed by atoms with Crippen molar-refractivity contribution < 1.29 is 62.6 Å². The SMILES string of the molecule is CC(C)c1cc(C(C)C)c(S(=O)(=O)OC[C@H]2O[C@@](CO)(O[C@H]3O[C@H](CO)[C@@H](O)[C@H](O)[C@H]3O)[C@@H](O)[C@@H]2O)c(C(C)C)c1. The van der Waals surface area contributed by atoms with Crippen LogP contribution in [0.4, 0.5) is 0 Å². The van der Waals surface area contributed by atoms with Gasteiger partial charge in [0, 0.05) is 0 Å². The molecule has 0 spiro atoms. The summed E-state index contributed by atoms with van der Waals surface area (Å²) in [6.07, 6.45) is -13.9. The molecule has 0 radical (unpaired) electrons. The Morgan fingerprint density at radius 3 is 1.85 bits per heavy atom. The molecule has 236 valence electrons. The zero-order valence-corrected chi connectivity index (χ0v) is 24.9. The van der Waals surface area contributed by atoms with Crippen molar-refractivity contribution in [3.8, 4) is 0 Å². The summed E-state index contributed by atoms with van der Waals surface area (Å²) in [7, 11) is -4.42. The highest BCUT2D eigenvalue weighted by atomic mass is 32.2. The summed E-state index contributed by atoms with van der Waals surface area (Å²) in [6, 6.07) is 3.68. The van der Waals surface area contributed by atoms with Crippen LogP contribution in [0.5, 0.6) is 0 Å². The molecule has 14 heteroatoms. The molecule has 9 atom stereocenters. The Balaban J connectivity index is 1.87. The van der Waals surface area contributed by atoms with Gasteiger partial charge in [-0.1, -0.05) is 53.7 Å². The molecule has 0 saturated carbocycles. The largest absolute Gasteiger partial charge is 0.394 e. The standard InChI is InChI=1S/C27H44O13S/c1-12(2)15-7-16(13(3)4)24(17(8-15)14(5)6)41(35,36)37-10-19-21(31)25(34)27(11-29,39-19)40-26-23(33)22(32)20(30)18(9-28)38-26/h7-8,12-14,18-23,25-26,28-34H,9-11H2,1-6H3/t18-,19-,20-,21-,22+,23-,25+,26-,27+/m1/s1. The molecule has 1 aromatic carbocycles. The van der Waals surface area contributed by atoms with Crippen molar-refractivity contribution in [2.45, 2.75) is 119 Å². The number of aliphatic hydroxyl groups excluding tert-OH is 7. The molecule has 3 rings (SSSR count). The Bertz CT molecular complexity index is 1110. The van der Waals surface area contributed by atoms with Crippen LogP contribution >= 0.6 is 0 Å². The lowest BCUT2D eigenvalue weighted by molar-refractivity contribution is -0.383. The highest BCUT2D eigenvalue weighted by Gasteiger charge is 2.58. The maximum atomic E-state index is 13.6. The highest BCUT2D eigenvalue weighted by Crippen LogP contribution is 2.39. The molecule has 2 saturated heterocycles. The first-order valence-electron chi connectivity index (χ1n) is 13.7. The maximum absolute atomic E-state index is 13.6. The van der Waals surface area contributed by atoms with Crippen molar-refractivity contribution >= 4 is 10.1 Å². The number of hydrogen-bond donors (Lipinski definition) is 7. The van der Waals surface area contributed by atoms with Gasteiger partial charge in [-0.25, -0.2) is 0 Å². The quantitative estimate of drug-likeness (QED) is 0.156. The van der Waals surface area contributed by atoms with Crippen LogP contribution in [0.2, 0.25) is 0 Å². The topological polar surface area (TPSA) is 213 Å². The van der Waals surface area contributed by atoms with Crippen molar-refractivity contribution in [2.75, 3.05) is 19.8 Å². The molecule has 0 aromatic heterocycles. The van der Waals surface area contributed by atoms with Gasteiger partial charge in [-0.3, -0.25) is 4.18 Å². The van der Waals surface area contributed by atoms with Crippen molar-refractivity contribution in [3.05, 3.63) is 28.8 Å². The van der Waals surface area contributed by atoms with Crippen LogP contribution < -0.4 is 0 Å². The van der Waals surface area contributed by atoms with E-state index in [1.54, 1.807) is 0 Å². The fourth-order valence-electron chi connectivity index (χ4n) is 5.01. The van der Waals surface area contributed by atoms with E-state index in [1.807, 2.05) is 53.7 Å². The first-order chi connectivity index (χ1) is 19.0. The minimum Gasteiger partial charge on any atom is -0.394 e. The summed E-state index contributed by atoms with van der Waals surface area (Å²) >= 11 is 0. The minimum atomic E-state index is -4.42. The van der Waals surface area contributed by atoms with Gasteiger partial charge in [0.2, 0.25) is 5.79 Å². The summed E-state index contributed by atoms with van der Waals surface area (Å²) in [6.45, 7) is 8.89. The maximum Gasteiger partial charge on any atom is 0.297 e. The Morgan fingerprint density at radius 2 is 1.39 bits per heavy atom. The average Bonchev–Trinajstić information content (AvgIpc) is 3.16. The predicted molar refractivity (Wildman–Crippen MR) is 143 cm³/mol. The number of rotatable bonds is 11. The number of hydrogen-bond acceptors (Lipinski definition) is 13. The van der Waals surface area contributed by atoms with E-state index in [2.05, 4.69) is 0 Å². The number of benzene rings is 1. The summed E-state index contributed by atoms with van der Waals surface area (Å²) in [5.41, 5.74) is 2.12. The van der Waals surface area contributed by atoms with Gasteiger partial charge in [0.25, 0.3) is 10.1 Å². The molecule has 0 amide bonds. The van der Waals surface area contributed by atoms with Crippen molar-refractivity contribution in [2.24, 2.45) is 0 Å². The molecule has 1 aromatic rings. The molecule has 2 aliphatic rings. The van der Waals surface area contributed by atoms with Gasteiger partial charge in [-0.2, -0.15) is 8.42 Å². The van der Waals surface area contributed by atoms with E-state index in [1.165, 1.54) is 0 Å². The van der Waals surface area contributed by atoms with E-state index >= 15 is 0 Å². The second-order valence-corrected chi connectivity index (χ2v) is 13.2. The molecular formula is C27H44O13S. The van der Waals surface area contributed by atoms with E-state index in [-0.39, 0.29) is 22.6 Å². The van der Waals surface area contributed by atoms with Crippen LogP contribution in [0.3, 0.4) is 0 Å². The second kappa shape index (κ2) is 13.2. The molecule has 0 unspecified atom stereocenters. The molecule has 13 nitrogen and oxygen atoms in total. The molecule has 7 N–H and O–H groups in total. The average molecular weight is 609 g/mol. The van der Waals surface area contributed by atoms with Crippen molar-refractivity contribution in [3.63, 3.8) is 0 Å². The van der Waals surface area contributed by atoms with Crippen LogP contribution in [0, 0.1) is 0 Å². The van der Waals surface area contributed by atoms with E-state index < -0.39 is 84.7 Å². The van der Waals surface area contributed by atoms with Gasteiger partial charge < -0.3 is 50.0 Å². The summed E-state index contributed by atoms with van der Waals surface area (Å²) < 4.78 is 48.9. The minimum absolute atomic E-state index is 0.0194. The molecule has 0 aliphatic carbocycles. The van der Waals surface area contributed by atoms with Crippen LogP contribution in [0.25, 0.3) is 0 Å². The van der Waals surface area contributed by atoms with Gasteiger partial charge in [0.05, 0.1) is 13.2 Å². The fourth-order valence-corrected chi connectivity index (χ4v) is 6.61. The molecule has 0 bridgehead atoms. The highest BCUT2D eigenvalue weighted by molar-refractivity contribution is 7.86. The monoisotopic (exact) mass is 608 g/mol. The van der Waals surface area contributed by atoms with Crippen molar-refractivity contribution in [1.82, 2.24) is 0 Å².